The topological polar surface area (TPSA) is 35.5 Å². The van der Waals surface area contributed by atoms with Crippen molar-refractivity contribution in [2.75, 3.05) is 6.61 Å². The van der Waals surface area contributed by atoms with Crippen LogP contribution >= 0.6 is 0 Å². The van der Waals surface area contributed by atoms with Crippen molar-refractivity contribution in [2.45, 2.75) is 51.7 Å². The normalized spacial score (nSPS) is 45.6. The number of esters is 1. The summed E-state index contributed by atoms with van der Waals surface area (Å²) in [5.74, 6) is 3.88. The third-order valence-corrected chi connectivity index (χ3v) is 6.11. The molecule has 21 heavy (non-hydrogen) atoms. The Balaban J connectivity index is 1.33. The molecule has 2 aliphatic heterocycles. The van der Waals surface area contributed by atoms with Gasteiger partial charge in [0.25, 0.3) is 0 Å². The summed E-state index contributed by atoms with van der Waals surface area (Å²) in [6.07, 6.45) is 9.45. The lowest BCUT2D eigenvalue weighted by Gasteiger charge is -2.33. The summed E-state index contributed by atoms with van der Waals surface area (Å²) in [5.41, 5.74) is 0. The molecule has 0 spiro atoms. The summed E-state index contributed by atoms with van der Waals surface area (Å²) in [5, 5.41) is 0. The number of fused-ring (bicyclic) bond motifs is 9. The molecule has 0 aromatic rings. The van der Waals surface area contributed by atoms with Crippen molar-refractivity contribution < 1.29 is 14.3 Å². The Morgan fingerprint density at radius 1 is 1.24 bits per heavy atom. The first-order valence-corrected chi connectivity index (χ1v) is 8.63. The standard InChI is InChI=1S/C18H26O3/c1-10(2)5-6-20-15(19)9-13-8-14-16-11-3-4-12(7-11)17(16)18(13)21-14/h3-4,10-14,16-18H,5-9H2,1-2H3. The van der Waals surface area contributed by atoms with E-state index in [1.807, 2.05) is 0 Å². The Bertz CT molecular complexity index is 455. The van der Waals surface area contributed by atoms with Crippen LogP contribution in [0.3, 0.4) is 0 Å². The maximum Gasteiger partial charge on any atom is 0.306 e. The molecule has 3 fully saturated rings. The van der Waals surface area contributed by atoms with E-state index in [9.17, 15) is 4.79 Å². The molecule has 2 saturated heterocycles. The van der Waals surface area contributed by atoms with E-state index in [1.54, 1.807) is 0 Å². The molecule has 3 heteroatoms. The molecule has 7 unspecified atom stereocenters. The van der Waals surface area contributed by atoms with Crippen LogP contribution < -0.4 is 0 Å². The number of rotatable bonds is 5. The molecule has 4 bridgehead atoms. The van der Waals surface area contributed by atoms with Gasteiger partial charge in [0.05, 0.1) is 25.2 Å². The molecule has 1 saturated carbocycles. The van der Waals surface area contributed by atoms with Gasteiger partial charge in [-0.1, -0.05) is 26.0 Å². The molecule has 116 valence electrons. The maximum absolute atomic E-state index is 12.0. The third kappa shape index (κ3) is 2.25. The molecule has 2 heterocycles. The van der Waals surface area contributed by atoms with E-state index in [4.69, 9.17) is 9.47 Å². The molecule has 4 rings (SSSR count). The van der Waals surface area contributed by atoms with Gasteiger partial charge in [-0.2, -0.15) is 0 Å². The zero-order chi connectivity index (χ0) is 14.6. The highest BCUT2D eigenvalue weighted by atomic mass is 16.5. The molecule has 0 N–H and O–H groups in total. The Kier molecular flexibility index (Phi) is 3.36. The fourth-order valence-corrected chi connectivity index (χ4v) is 5.22. The van der Waals surface area contributed by atoms with E-state index in [2.05, 4.69) is 26.0 Å². The molecule has 0 aromatic heterocycles. The van der Waals surface area contributed by atoms with Crippen LogP contribution in [-0.4, -0.2) is 24.8 Å². The summed E-state index contributed by atoms with van der Waals surface area (Å²) in [4.78, 5) is 12.0. The van der Waals surface area contributed by atoms with Crippen LogP contribution in [0.25, 0.3) is 0 Å². The quantitative estimate of drug-likeness (QED) is 0.576. The Morgan fingerprint density at radius 2 is 2.00 bits per heavy atom. The van der Waals surface area contributed by atoms with Crippen LogP contribution in [0.2, 0.25) is 0 Å². The first-order chi connectivity index (χ1) is 10.1. The van der Waals surface area contributed by atoms with Gasteiger partial charge in [-0.15, -0.1) is 0 Å². The second-order valence-corrected chi connectivity index (χ2v) is 7.85. The number of carbonyl (C=O) groups excluding carboxylic acids is 1. The van der Waals surface area contributed by atoms with Crippen molar-refractivity contribution in [3.8, 4) is 0 Å². The van der Waals surface area contributed by atoms with Crippen molar-refractivity contribution in [2.24, 2.45) is 35.5 Å². The highest BCUT2D eigenvalue weighted by Gasteiger charge is 2.62. The predicted molar refractivity (Wildman–Crippen MR) is 79.5 cm³/mol. The number of carbonyl (C=O) groups is 1. The molecule has 0 aromatic carbocycles. The SMILES string of the molecule is CC(C)CCOC(=O)CC1CC2OC1C1C3C=CC(C3)C21. The smallest absolute Gasteiger partial charge is 0.306 e. The van der Waals surface area contributed by atoms with Gasteiger partial charge in [-0.05, 0) is 54.8 Å². The Hall–Kier alpha value is -0.830. The molecule has 3 nitrogen and oxygen atoms in total. The zero-order valence-electron chi connectivity index (χ0n) is 13.0. The van der Waals surface area contributed by atoms with E-state index >= 15 is 0 Å². The van der Waals surface area contributed by atoms with Crippen LogP contribution in [0, 0.1) is 35.5 Å². The van der Waals surface area contributed by atoms with Gasteiger partial charge < -0.3 is 9.47 Å². The number of hydrogen-bond donors (Lipinski definition) is 0. The minimum atomic E-state index is -0.0213. The van der Waals surface area contributed by atoms with E-state index < -0.39 is 0 Å². The first-order valence-electron chi connectivity index (χ1n) is 8.63. The summed E-state index contributed by atoms with van der Waals surface area (Å²) in [6, 6.07) is 0. The molecule has 2 aliphatic carbocycles. The molecular weight excluding hydrogens is 264 g/mol. The first kappa shape index (κ1) is 13.8. The van der Waals surface area contributed by atoms with Gasteiger partial charge >= 0.3 is 5.97 Å². The van der Waals surface area contributed by atoms with Crippen molar-refractivity contribution in [3.63, 3.8) is 0 Å². The minimum absolute atomic E-state index is 0.0213. The lowest BCUT2D eigenvalue weighted by Crippen LogP contribution is -2.36. The lowest BCUT2D eigenvalue weighted by molar-refractivity contribution is -0.145. The molecule has 0 amide bonds. The van der Waals surface area contributed by atoms with Crippen molar-refractivity contribution >= 4 is 5.97 Å². The fraction of sp³-hybridized carbons (Fsp3) is 0.833. The van der Waals surface area contributed by atoms with E-state index in [-0.39, 0.29) is 5.97 Å². The summed E-state index contributed by atoms with van der Waals surface area (Å²) >= 11 is 0. The van der Waals surface area contributed by atoms with Crippen molar-refractivity contribution in [1.29, 1.82) is 0 Å². The second-order valence-electron chi connectivity index (χ2n) is 7.85. The van der Waals surface area contributed by atoms with Gasteiger partial charge in [0.2, 0.25) is 0 Å². The van der Waals surface area contributed by atoms with Crippen LogP contribution in [0.5, 0.6) is 0 Å². The second kappa shape index (κ2) is 5.12. The van der Waals surface area contributed by atoms with Crippen LogP contribution in [0.4, 0.5) is 0 Å². The summed E-state index contributed by atoms with van der Waals surface area (Å²) in [7, 11) is 0. The average Bonchev–Trinajstić information content (AvgIpc) is 3.16. The molecule has 4 aliphatic rings. The van der Waals surface area contributed by atoms with Crippen molar-refractivity contribution in [1.82, 2.24) is 0 Å². The van der Waals surface area contributed by atoms with E-state index in [0.717, 1.165) is 30.6 Å². The number of hydrogen-bond acceptors (Lipinski definition) is 3. The highest BCUT2D eigenvalue weighted by molar-refractivity contribution is 5.69. The monoisotopic (exact) mass is 290 g/mol. The predicted octanol–water partition coefficient (Wildman–Crippen LogP) is 3.19. The van der Waals surface area contributed by atoms with Gasteiger partial charge in [0.1, 0.15) is 0 Å². The van der Waals surface area contributed by atoms with Crippen LogP contribution in [-0.2, 0) is 14.3 Å². The zero-order valence-corrected chi connectivity index (χ0v) is 13.0. The van der Waals surface area contributed by atoms with Crippen molar-refractivity contribution in [3.05, 3.63) is 12.2 Å². The summed E-state index contributed by atoms with van der Waals surface area (Å²) < 4.78 is 11.6. The number of allylic oxidation sites excluding steroid dienone is 2. The maximum atomic E-state index is 12.0. The Morgan fingerprint density at radius 3 is 2.76 bits per heavy atom. The summed E-state index contributed by atoms with van der Waals surface area (Å²) in [6.45, 7) is 4.87. The molecule has 7 atom stereocenters. The highest BCUT2D eigenvalue weighted by Crippen LogP contribution is 2.61. The Labute approximate surface area is 127 Å². The van der Waals surface area contributed by atoms with E-state index in [1.165, 1.54) is 6.42 Å². The van der Waals surface area contributed by atoms with Gasteiger partial charge in [0.15, 0.2) is 0 Å². The fourth-order valence-electron chi connectivity index (χ4n) is 5.22. The third-order valence-electron chi connectivity index (χ3n) is 6.11. The van der Waals surface area contributed by atoms with Gasteiger partial charge in [0, 0.05) is 0 Å². The van der Waals surface area contributed by atoms with Crippen LogP contribution in [0.1, 0.15) is 39.5 Å². The minimum Gasteiger partial charge on any atom is -0.466 e. The number of ether oxygens (including phenoxy) is 2. The molecule has 0 radical (unpaired) electrons. The lowest BCUT2D eigenvalue weighted by atomic mass is 9.69. The largest absolute Gasteiger partial charge is 0.466 e. The molecular formula is C18H26O3. The van der Waals surface area contributed by atoms with Gasteiger partial charge in [-0.25, -0.2) is 0 Å². The van der Waals surface area contributed by atoms with Crippen LogP contribution in [0.15, 0.2) is 12.2 Å². The van der Waals surface area contributed by atoms with E-state index in [0.29, 0.717) is 43.0 Å². The van der Waals surface area contributed by atoms with Gasteiger partial charge in [-0.3, -0.25) is 4.79 Å². The average molecular weight is 290 g/mol.